The highest BCUT2D eigenvalue weighted by molar-refractivity contribution is 5.99. The van der Waals surface area contributed by atoms with Crippen LogP contribution in [-0.4, -0.2) is 19.4 Å². The largest absolute Gasteiger partial charge is 0.496 e. The first-order chi connectivity index (χ1) is 10.1. The summed E-state index contributed by atoms with van der Waals surface area (Å²) in [5.74, 6) is 0.874. The summed E-state index contributed by atoms with van der Waals surface area (Å²) in [7, 11) is 1.67. The van der Waals surface area contributed by atoms with E-state index in [9.17, 15) is 4.79 Å². The van der Waals surface area contributed by atoms with Gasteiger partial charge in [0, 0.05) is 23.5 Å². The maximum absolute atomic E-state index is 11.3. The highest BCUT2D eigenvalue weighted by Gasteiger charge is 2.05. The number of hydrogen-bond donors (Lipinski definition) is 2. The smallest absolute Gasteiger partial charge is 0.161 e. The molecule has 21 heavy (non-hydrogen) atoms. The second-order valence-corrected chi connectivity index (χ2v) is 4.85. The van der Waals surface area contributed by atoms with Crippen LogP contribution in [0.1, 0.15) is 22.8 Å². The summed E-state index contributed by atoms with van der Waals surface area (Å²) in [6, 6.07) is 13.4. The average Bonchev–Trinajstić information content (AvgIpc) is 2.47. The molecule has 0 aliphatic rings. The molecule has 0 heterocycles. The number of ketones is 1. The lowest BCUT2D eigenvalue weighted by Crippen LogP contribution is -2.07. The number of nitrogens with one attached hydrogen (secondary N) is 1. The third-order valence-electron chi connectivity index (χ3n) is 3.35. The van der Waals surface area contributed by atoms with Crippen molar-refractivity contribution < 1.29 is 9.53 Å². The minimum absolute atomic E-state index is 0.0203. The predicted octanol–water partition coefficient (Wildman–Crippen LogP) is 3.13. The van der Waals surface area contributed by atoms with Crippen molar-refractivity contribution in [2.45, 2.75) is 13.3 Å². The van der Waals surface area contributed by atoms with Gasteiger partial charge in [-0.3, -0.25) is 4.79 Å². The number of nitrogens with two attached hydrogens (primary N) is 1. The molecule has 0 aromatic heterocycles. The van der Waals surface area contributed by atoms with Crippen LogP contribution in [0.3, 0.4) is 0 Å². The van der Waals surface area contributed by atoms with Crippen LogP contribution in [0, 0.1) is 0 Å². The number of rotatable bonds is 6. The van der Waals surface area contributed by atoms with E-state index in [4.69, 9.17) is 10.5 Å². The number of Topliss-reactive ketones (excluding diaryl/α,β-unsaturated/α-hetero) is 1. The minimum atomic E-state index is -0.0203. The Morgan fingerprint density at radius 2 is 2.00 bits per heavy atom. The number of para-hydroxylation sites is 1. The molecule has 0 aliphatic heterocycles. The number of ether oxygens (including phenoxy) is 1. The molecule has 0 unspecified atom stereocenters. The molecule has 4 heteroatoms. The fraction of sp³-hybridized carbons (Fsp3) is 0.235. The SMILES string of the molecule is COc1ccccc1CCNc1ccc(C(C)=O)c(N)c1. The summed E-state index contributed by atoms with van der Waals surface area (Å²) in [6.07, 6.45) is 0.846. The van der Waals surface area contributed by atoms with E-state index >= 15 is 0 Å². The van der Waals surface area contributed by atoms with Gasteiger partial charge in [-0.05, 0) is 43.2 Å². The fourth-order valence-electron chi connectivity index (χ4n) is 2.24. The van der Waals surface area contributed by atoms with Crippen molar-refractivity contribution in [2.75, 3.05) is 24.7 Å². The number of anilines is 2. The van der Waals surface area contributed by atoms with Crippen LogP contribution >= 0.6 is 0 Å². The summed E-state index contributed by atoms with van der Waals surface area (Å²) in [5.41, 5.74) is 9.00. The Balaban J connectivity index is 1.97. The monoisotopic (exact) mass is 284 g/mol. The molecule has 0 saturated heterocycles. The normalized spacial score (nSPS) is 10.2. The molecule has 2 aromatic carbocycles. The first-order valence-corrected chi connectivity index (χ1v) is 6.88. The van der Waals surface area contributed by atoms with E-state index < -0.39 is 0 Å². The molecule has 0 fully saturated rings. The van der Waals surface area contributed by atoms with Gasteiger partial charge >= 0.3 is 0 Å². The molecule has 0 saturated carbocycles. The molecule has 0 radical (unpaired) electrons. The van der Waals surface area contributed by atoms with E-state index in [1.165, 1.54) is 6.92 Å². The lowest BCUT2D eigenvalue weighted by Gasteiger charge is -2.11. The quantitative estimate of drug-likeness (QED) is 0.632. The van der Waals surface area contributed by atoms with Crippen LogP contribution in [0.4, 0.5) is 11.4 Å². The van der Waals surface area contributed by atoms with Crippen LogP contribution < -0.4 is 15.8 Å². The molecule has 0 bridgehead atoms. The lowest BCUT2D eigenvalue weighted by atomic mass is 10.1. The summed E-state index contributed by atoms with van der Waals surface area (Å²) in [4.78, 5) is 11.3. The Morgan fingerprint density at radius 1 is 1.24 bits per heavy atom. The van der Waals surface area contributed by atoms with E-state index in [0.29, 0.717) is 11.3 Å². The number of carbonyl (C=O) groups is 1. The first kappa shape index (κ1) is 14.9. The van der Waals surface area contributed by atoms with Gasteiger partial charge in [0.25, 0.3) is 0 Å². The van der Waals surface area contributed by atoms with Crippen molar-refractivity contribution >= 4 is 17.2 Å². The van der Waals surface area contributed by atoms with E-state index in [2.05, 4.69) is 5.32 Å². The standard InChI is InChI=1S/C17H20N2O2/c1-12(20)15-8-7-14(11-16(15)18)19-10-9-13-5-3-4-6-17(13)21-2/h3-8,11,19H,9-10,18H2,1-2H3. The molecule has 110 valence electrons. The van der Waals surface area contributed by atoms with Crippen molar-refractivity contribution in [1.82, 2.24) is 0 Å². The van der Waals surface area contributed by atoms with Gasteiger partial charge in [-0.15, -0.1) is 0 Å². The van der Waals surface area contributed by atoms with E-state index in [-0.39, 0.29) is 5.78 Å². The van der Waals surface area contributed by atoms with Crippen LogP contribution in [0.5, 0.6) is 5.75 Å². The summed E-state index contributed by atoms with van der Waals surface area (Å²) >= 11 is 0. The Kier molecular flexibility index (Phi) is 4.82. The highest BCUT2D eigenvalue weighted by atomic mass is 16.5. The van der Waals surface area contributed by atoms with Crippen LogP contribution in [0.2, 0.25) is 0 Å². The summed E-state index contributed by atoms with van der Waals surface area (Å²) in [6.45, 7) is 2.28. The van der Waals surface area contributed by atoms with Crippen molar-refractivity contribution in [2.24, 2.45) is 0 Å². The number of hydrogen-bond acceptors (Lipinski definition) is 4. The second-order valence-electron chi connectivity index (χ2n) is 4.85. The van der Waals surface area contributed by atoms with E-state index in [1.807, 2.05) is 30.3 Å². The number of methoxy groups -OCH3 is 1. The molecule has 0 amide bonds. The van der Waals surface area contributed by atoms with Crippen LogP contribution in [-0.2, 0) is 6.42 Å². The zero-order valence-electron chi connectivity index (χ0n) is 12.3. The Labute approximate surface area is 124 Å². The van der Waals surface area contributed by atoms with Crippen LogP contribution in [0.15, 0.2) is 42.5 Å². The third-order valence-corrected chi connectivity index (χ3v) is 3.35. The molecule has 4 nitrogen and oxygen atoms in total. The highest BCUT2D eigenvalue weighted by Crippen LogP contribution is 2.20. The Morgan fingerprint density at radius 3 is 2.67 bits per heavy atom. The first-order valence-electron chi connectivity index (χ1n) is 6.88. The van der Waals surface area contributed by atoms with Crippen molar-refractivity contribution in [3.63, 3.8) is 0 Å². The zero-order valence-corrected chi connectivity index (χ0v) is 12.3. The van der Waals surface area contributed by atoms with Crippen LogP contribution in [0.25, 0.3) is 0 Å². The molecule has 2 rings (SSSR count). The Bertz CT molecular complexity index is 638. The van der Waals surface area contributed by atoms with Gasteiger partial charge in [0.2, 0.25) is 0 Å². The number of carbonyl (C=O) groups excluding carboxylic acids is 1. The molecule has 2 aromatic rings. The Hall–Kier alpha value is -2.49. The molecule has 0 spiro atoms. The van der Waals surface area contributed by atoms with E-state index in [1.54, 1.807) is 19.2 Å². The molecular formula is C17H20N2O2. The van der Waals surface area contributed by atoms with Crippen molar-refractivity contribution in [1.29, 1.82) is 0 Å². The second kappa shape index (κ2) is 6.79. The fourth-order valence-corrected chi connectivity index (χ4v) is 2.24. The van der Waals surface area contributed by atoms with Gasteiger partial charge in [-0.1, -0.05) is 18.2 Å². The zero-order chi connectivity index (χ0) is 15.2. The average molecular weight is 284 g/mol. The molecular weight excluding hydrogens is 264 g/mol. The predicted molar refractivity (Wildman–Crippen MR) is 86.0 cm³/mol. The molecule has 0 aliphatic carbocycles. The number of nitrogen functional groups attached to an aromatic ring is 1. The van der Waals surface area contributed by atoms with Crippen molar-refractivity contribution in [3.05, 3.63) is 53.6 Å². The summed E-state index contributed by atoms with van der Waals surface area (Å²) in [5, 5.41) is 3.30. The lowest BCUT2D eigenvalue weighted by molar-refractivity contribution is 0.101. The van der Waals surface area contributed by atoms with Gasteiger partial charge in [0.1, 0.15) is 5.75 Å². The van der Waals surface area contributed by atoms with Gasteiger partial charge in [0.05, 0.1) is 7.11 Å². The third kappa shape index (κ3) is 3.75. The van der Waals surface area contributed by atoms with Gasteiger partial charge < -0.3 is 15.8 Å². The maximum Gasteiger partial charge on any atom is 0.161 e. The molecule has 3 N–H and O–H groups in total. The summed E-state index contributed by atoms with van der Waals surface area (Å²) < 4.78 is 5.32. The number of benzene rings is 2. The maximum atomic E-state index is 11.3. The van der Waals surface area contributed by atoms with Gasteiger partial charge in [0.15, 0.2) is 5.78 Å². The minimum Gasteiger partial charge on any atom is -0.496 e. The molecule has 0 atom stereocenters. The van der Waals surface area contributed by atoms with Crippen molar-refractivity contribution in [3.8, 4) is 5.75 Å². The topological polar surface area (TPSA) is 64.3 Å². The van der Waals surface area contributed by atoms with E-state index in [0.717, 1.165) is 30.0 Å². The van der Waals surface area contributed by atoms with Gasteiger partial charge in [-0.25, -0.2) is 0 Å². The van der Waals surface area contributed by atoms with Gasteiger partial charge in [-0.2, -0.15) is 0 Å².